The molecule has 0 bridgehead atoms. The molecule has 0 spiro atoms. The van der Waals surface area contributed by atoms with Crippen LogP contribution in [0.3, 0.4) is 0 Å². The molecule has 0 saturated heterocycles. The molecule has 84 valence electrons. The van der Waals surface area contributed by atoms with E-state index in [1.807, 2.05) is 20.0 Å². The smallest absolute Gasteiger partial charge is 0.142 e. The Bertz CT molecular complexity index is 330. The monoisotopic (exact) mass is 230 g/mol. The molecular formula is C11H16ClFN2. The molecule has 0 aliphatic carbocycles. The van der Waals surface area contributed by atoms with Gasteiger partial charge in [-0.05, 0) is 31.7 Å². The average Bonchev–Trinajstić information content (AvgIpc) is 2.22. The summed E-state index contributed by atoms with van der Waals surface area (Å²) in [5, 5.41) is 0.160. The van der Waals surface area contributed by atoms with Crippen molar-refractivity contribution < 1.29 is 4.39 Å². The molecule has 2 nitrogen and oxygen atoms in total. The Labute approximate surface area is 94.8 Å². The molecular weight excluding hydrogens is 215 g/mol. The first-order chi connectivity index (χ1) is 7.04. The van der Waals surface area contributed by atoms with Crippen molar-refractivity contribution >= 4 is 11.6 Å². The number of likely N-dealkylation sites (N-methyl/N-ethyl adjacent to an activating group) is 1. The normalized spacial score (nSPS) is 13.2. The number of nitrogens with two attached hydrogens (primary N) is 1. The van der Waals surface area contributed by atoms with E-state index < -0.39 is 0 Å². The number of hydrogen-bond acceptors (Lipinski definition) is 2. The minimum atomic E-state index is -0.372. The zero-order valence-electron chi connectivity index (χ0n) is 9.00. The fraction of sp³-hybridized carbons (Fsp3) is 0.455. The van der Waals surface area contributed by atoms with Crippen LogP contribution in [0.4, 0.5) is 4.39 Å². The number of rotatable bonds is 4. The van der Waals surface area contributed by atoms with Crippen LogP contribution in [-0.4, -0.2) is 24.5 Å². The van der Waals surface area contributed by atoms with Crippen LogP contribution in [0.25, 0.3) is 0 Å². The third-order valence-corrected chi connectivity index (χ3v) is 2.82. The van der Waals surface area contributed by atoms with Gasteiger partial charge in [0.15, 0.2) is 0 Å². The average molecular weight is 231 g/mol. The van der Waals surface area contributed by atoms with Gasteiger partial charge >= 0.3 is 0 Å². The molecule has 0 aromatic heterocycles. The van der Waals surface area contributed by atoms with E-state index in [4.69, 9.17) is 17.3 Å². The largest absolute Gasteiger partial charge is 0.329 e. The summed E-state index contributed by atoms with van der Waals surface area (Å²) < 4.78 is 13.1. The van der Waals surface area contributed by atoms with Crippen molar-refractivity contribution in [3.63, 3.8) is 0 Å². The molecule has 15 heavy (non-hydrogen) atoms. The van der Waals surface area contributed by atoms with Crippen LogP contribution in [0.2, 0.25) is 5.02 Å². The Morgan fingerprint density at radius 1 is 1.53 bits per heavy atom. The van der Waals surface area contributed by atoms with Gasteiger partial charge in [-0.25, -0.2) is 4.39 Å². The molecule has 0 aliphatic heterocycles. The summed E-state index contributed by atoms with van der Waals surface area (Å²) in [7, 11) is 1.96. The highest BCUT2D eigenvalue weighted by atomic mass is 35.5. The first kappa shape index (κ1) is 12.4. The second-order valence-corrected chi connectivity index (χ2v) is 4.16. The SMILES string of the molecule is CC(CN)N(C)Cc1ccc(Cl)c(F)c1. The van der Waals surface area contributed by atoms with Gasteiger partial charge in [0, 0.05) is 19.1 Å². The van der Waals surface area contributed by atoms with Crippen molar-refractivity contribution in [1.82, 2.24) is 4.90 Å². The third kappa shape index (κ3) is 3.45. The van der Waals surface area contributed by atoms with Gasteiger partial charge in [-0.1, -0.05) is 17.7 Å². The van der Waals surface area contributed by atoms with E-state index in [0.29, 0.717) is 13.1 Å². The van der Waals surface area contributed by atoms with Crippen LogP contribution < -0.4 is 5.73 Å². The van der Waals surface area contributed by atoms with Crippen molar-refractivity contribution in [2.24, 2.45) is 5.73 Å². The predicted molar refractivity (Wildman–Crippen MR) is 61.4 cm³/mol. The summed E-state index contributed by atoms with van der Waals surface area (Å²) in [6, 6.07) is 5.14. The van der Waals surface area contributed by atoms with Gasteiger partial charge in [0.05, 0.1) is 5.02 Å². The maximum absolute atomic E-state index is 13.1. The zero-order chi connectivity index (χ0) is 11.4. The van der Waals surface area contributed by atoms with Gasteiger partial charge in [0.25, 0.3) is 0 Å². The lowest BCUT2D eigenvalue weighted by Gasteiger charge is -2.23. The molecule has 1 atom stereocenters. The second kappa shape index (κ2) is 5.45. The van der Waals surface area contributed by atoms with Crippen molar-refractivity contribution in [3.8, 4) is 0 Å². The number of benzene rings is 1. The van der Waals surface area contributed by atoms with Gasteiger partial charge in [0.1, 0.15) is 5.82 Å². The summed E-state index contributed by atoms with van der Waals surface area (Å²) in [6.07, 6.45) is 0. The number of halogens is 2. The van der Waals surface area contributed by atoms with Crippen molar-refractivity contribution in [2.45, 2.75) is 19.5 Å². The Balaban J connectivity index is 2.68. The highest BCUT2D eigenvalue weighted by Crippen LogP contribution is 2.16. The Morgan fingerprint density at radius 2 is 2.20 bits per heavy atom. The molecule has 0 heterocycles. The van der Waals surface area contributed by atoms with E-state index in [-0.39, 0.29) is 16.9 Å². The number of hydrogen-bond donors (Lipinski definition) is 1. The minimum absolute atomic E-state index is 0.160. The molecule has 4 heteroatoms. The Morgan fingerprint density at radius 3 is 2.73 bits per heavy atom. The van der Waals surface area contributed by atoms with Gasteiger partial charge in [-0.15, -0.1) is 0 Å². The molecule has 1 aromatic carbocycles. The molecule has 0 fully saturated rings. The van der Waals surface area contributed by atoms with Crippen molar-refractivity contribution in [2.75, 3.05) is 13.6 Å². The first-order valence-corrected chi connectivity index (χ1v) is 5.26. The van der Waals surface area contributed by atoms with Crippen LogP contribution in [0.5, 0.6) is 0 Å². The Hall–Kier alpha value is -0.640. The van der Waals surface area contributed by atoms with Gasteiger partial charge in [-0.2, -0.15) is 0 Å². The fourth-order valence-electron chi connectivity index (χ4n) is 1.26. The molecule has 0 amide bonds. The van der Waals surface area contributed by atoms with E-state index in [1.54, 1.807) is 6.07 Å². The maximum atomic E-state index is 13.1. The van der Waals surface area contributed by atoms with Crippen LogP contribution in [0.15, 0.2) is 18.2 Å². The first-order valence-electron chi connectivity index (χ1n) is 4.89. The standard InChI is InChI=1S/C11H16ClFN2/c1-8(6-14)15(2)7-9-3-4-10(12)11(13)5-9/h3-5,8H,6-7,14H2,1-2H3. The predicted octanol–water partition coefficient (Wildman–Crippen LogP) is 2.26. The summed E-state index contributed by atoms with van der Waals surface area (Å²) in [4.78, 5) is 2.07. The molecule has 0 aliphatic rings. The lowest BCUT2D eigenvalue weighted by molar-refractivity contribution is 0.254. The highest BCUT2D eigenvalue weighted by molar-refractivity contribution is 6.30. The van der Waals surface area contributed by atoms with Crippen LogP contribution in [0, 0.1) is 5.82 Å². The van der Waals surface area contributed by atoms with E-state index in [9.17, 15) is 4.39 Å². The summed E-state index contributed by atoms with van der Waals surface area (Å²) in [5.41, 5.74) is 6.45. The summed E-state index contributed by atoms with van der Waals surface area (Å²) in [5.74, 6) is -0.372. The van der Waals surface area contributed by atoms with Crippen LogP contribution >= 0.6 is 11.6 Å². The minimum Gasteiger partial charge on any atom is -0.329 e. The summed E-state index contributed by atoms with van der Waals surface area (Å²) in [6.45, 7) is 3.30. The van der Waals surface area contributed by atoms with Gasteiger partial charge in [0.2, 0.25) is 0 Å². The molecule has 2 N–H and O–H groups in total. The number of nitrogens with zero attached hydrogens (tertiary/aromatic N) is 1. The van der Waals surface area contributed by atoms with E-state index in [1.165, 1.54) is 6.07 Å². The highest BCUT2D eigenvalue weighted by Gasteiger charge is 2.08. The van der Waals surface area contributed by atoms with Gasteiger partial charge < -0.3 is 5.73 Å². The van der Waals surface area contributed by atoms with Crippen molar-refractivity contribution in [1.29, 1.82) is 0 Å². The lowest BCUT2D eigenvalue weighted by Crippen LogP contribution is -2.34. The van der Waals surface area contributed by atoms with Crippen molar-refractivity contribution in [3.05, 3.63) is 34.6 Å². The van der Waals surface area contributed by atoms with Gasteiger partial charge in [-0.3, -0.25) is 4.90 Å². The molecule has 1 rings (SSSR count). The van der Waals surface area contributed by atoms with Crippen LogP contribution in [0.1, 0.15) is 12.5 Å². The van der Waals surface area contributed by atoms with Crippen LogP contribution in [-0.2, 0) is 6.54 Å². The fourth-order valence-corrected chi connectivity index (χ4v) is 1.38. The van der Waals surface area contributed by atoms with E-state index >= 15 is 0 Å². The molecule has 1 aromatic rings. The molecule has 1 unspecified atom stereocenters. The Kier molecular flexibility index (Phi) is 4.51. The van der Waals surface area contributed by atoms with E-state index in [0.717, 1.165) is 5.56 Å². The lowest BCUT2D eigenvalue weighted by atomic mass is 10.2. The topological polar surface area (TPSA) is 29.3 Å². The quantitative estimate of drug-likeness (QED) is 0.860. The van der Waals surface area contributed by atoms with E-state index in [2.05, 4.69) is 4.90 Å². The summed E-state index contributed by atoms with van der Waals surface area (Å²) >= 11 is 5.60. The maximum Gasteiger partial charge on any atom is 0.142 e. The molecule has 0 saturated carbocycles. The second-order valence-electron chi connectivity index (χ2n) is 3.75. The molecule has 0 radical (unpaired) electrons. The third-order valence-electron chi connectivity index (χ3n) is 2.51. The zero-order valence-corrected chi connectivity index (χ0v) is 9.76.